The second-order valence-electron chi connectivity index (χ2n) is 5.38. The van der Waals surface area contributed by atoms with Crippen LogP contribution in [0.1, 0.15) is 23.6 Å². The number of sulfonamides is 1. The highest BCUT2D eigenvalue weighted by Crippen LogP contribution is 2.33. The summed E-state index contributed by atoms with van der Waals surface area (Å²) in [4.78, 5) is -0.0986. The molecule has 0 amide bonds. The van der Waals surface area contributed by atoms with Gasteiger partial charge in [0.1, 0.15) is 5.75 Å². The highest BCUT2D eigenvalue weighted by atomic mass is 35.5. The maximum Gasteiger partial charge on any atom is 0.387 e. The summed E-state index contributed by atoms with van der Waals surface area (Å²) in [7, 11) is -3.83. The standard InChI is InChI=1S/C16H14ClF2NO3S/c17-13-9-11(6-8-15(13)23-16(18)19)24(21,22)20-14-7-5-10-3-1-2-4-12(10)14/h1-4,6,8-9,14,16,20H,5,7H2. The summed E-state index contributed by atoms with van der Waals surface area (Å²) < 4.78 is 56.4. The van der Waals surface area contributed by atoms with Crippen LogP contribution in [0.2, 0.25) is 5.02 Å². The molecule has 1 aliphatic rings. The maximum absolute atomic E-state index is 12.5. The van der Waals surface area contributed by atoms with Crippen molar-refractivity contribution in [3.8, 4) is 5.75 Å². The number of hydrogen-bond donors (Lipinski definition) is 1. The van der Waals surface area contributed by atoms with E-state index in [4.69, 9.17) is 11.6 Å². The molecule has 4 nitrogen and oxygen atoms in total. The number of nitrogens with one attached hydrogen (secondary N) is 1. The topological polar surface area (TPSA) is 55.4 Å². The summed E-state index contributed by atoms with van der Waals surface area (Å²) in [6.07, 6.45) is 1.46. The second kappa shape index (κ2) is 6.66. The Bertz CT molecular complexity index is 858. The molecular weight excluding hydrogens is 360 g/mol. The number of ether oxygens (including phenoxy) is 1. The largest absolute Gasteiger partial charge is 0.433 e. The van der Waals surface area contributed by atoms with Gasteiger partial charge in [0, 0.05) is 6.04 Å². The molecule has 1 N–H and O–H groups in total. The predicted octanol–water partition coefficient (Wildman–Crippen LogP) is 3.91. The Hall–Kier alpha value is -1.70. The van der Waals surface area contributed by atoms with Crippen LogP contribution in [0.3, 0.4) is 0 Å². The zero-order valence-electron chi connectivity index (χ0n) is 12.4. The molecule has 0 aromatic heterocycles. The molecule has 3 rings (SSSR count). The zero-order valence-corrected chi connectivity index (χ0v) is 13.9. The van der Waals surface area contributed by atoms with Crippen LogP contribution in [0.5, 0.6) is 5.75 Å². The quantitative estimate of drug-likeness (QED) is 0.864. The molecule has 0 saturated heterocycles. The SMILES string of the molecule is O=S(=O)(NC1CCc2ccccc21)c1ccc(OC(F)F)c(Cl)c1. The van der Waals surface area contributed by atoms with E-state index >= 15 is 0 Å². The monoisotopic (exact) mass is 373 g/mol. The van der Waals surface area contributed by atoms with Gasteiger partial charge in [-0.3, -0.25) is 0 Å². The van der Waals surface area contributed by atoms with Crippen molar-refractivity contribution in [1.29, 1.82) is 0 Å². The smallest absolute Gasteiger partial charge is 0.387 e. The van der Waals surface area contributed by atoms with Crippen molar-refractivity contribution in [2.75, 3.05) is 0 Å². The average molecular weight is 374 g/mol. The van der Waals surface area contributed by atoms with Crippen LogP contribution in [0.15, 0.2) is 47.4 Å². The minimum atomic E-state index is -3.83. The van der Waals surface area contributed by atoms with Crippen LogP contribution >= 0.6 is 11.6 Å². The van der Waals surface area contributed by atoms with Crippen molar-refractivity contribution >= 4 is 21.6 Å². The Morgan fingerprint density at radius 1 is 1.21 bits per heavy atom. The average Bonchev–Trinajstić information content (AvgIpc) is 2.91. The molecule has 2 aromatic rings. The van der Waals surface area contributed by atoms with Gasteiger partial charge in [-0.15, -0.1) is 0 Å². The molecular formula is C16H14ClF2NO3S. The summed E-state index contributed by atoms with van der Waals surface area (Å²) in [6.45, 7) is -3.03. The third kappa shape index (κ3) is 3.53. The predicted molar refractivity (Wildman–Crippen MR) is 85.9 cm³/mol. The van der Waals surface area contributed by atoms with Crippen LogP contribution in [0, 0.1) is 0 Å². The van der Waals surface area contributed by atoms with Gasteiger partial charge in [-0.1, -0.05) is 35.9 Å². The van der Waals surface area contributed by atoms with Crippen LogP contribution in [-0.2, 0) is 16.4 Å². The highest BCUT2D eigenvalue weighted by Gasteiger charge is 2.27. The van der Waals surface area contributed by atoms with E-state index in [9.17, 15) is 17.2 Å². The molecule has 24 heavy (non-hydrogen) atoms. The number of fused-ring (bicyclic) bond motifs is 1. The van der Waals surface area contributed by atoms with Crippen molar-refractivity contribution in [3.05, 3.63) is 58.6 Å². The van der Waals surface area contributed by atoms with E-state index in [0.717, 1.165) is 29.7 Å². The van der Waals surface area contributed by atoms with E-state index in [1.165, 1.54) is 6.07 Å². The maximum atomic E-state index is 12.5. The third-order valence-corrected chi connectivity index (χ3v) is 5.62. The van der Waals surface area contributed by atoms with E-state index in [0.29, 0.717) is 6.42 Å². The number of rotatable bonds is 5. The fourth-order valence-electron chi connectivity index (χ4n) is 2.78. The van der Waals surface area contributed by atoms with Crippen molar-refractivity contribution in [3.63, 3.8) is 0 Å². The minimum Gasteiger partial charge on any atom is -0.433 e. The summed E-state index contributed by atoms with van der Waals surface area (Å²) in [5, 5.41) is -0.190. The molecule has 0 heterocycles. The molecule has 0 radical (unpaired) electrons. The van der Waals surface area contributed by atoms with Gasteiger partial charge in [0.2, 0.25) is 10.0 Å². The first kappa shape index (κ1) is 17.1. The van der Waals surface area contributed by atoms with Crippen LogP contribution in [0.4, 0.5) is 8.78 Å². The van der Waals surface area contributed by atoms with Crippen molar-refractivity contribution in [2.24, 2.45) is 0 Å². The molecule has 1 aliphatic carbocycles. The van der Waals surface area contributed by atoms with Crippen LogP contribution in [-0.4, -0.2) is 15.0 Å². The molecule has 8 heteroatoms. The number of benzene rings is 2. The van der Waals surface area contributed by atoms with Gasteiger partial charge in [-0.2, -0.15) is 8.78 Å². The van der Waals surface area contributed by atoms with Crippen molar-refractivity contribution in [1.82, 2.24) is 4.72 Å². The molecule has 128 valence electrons. The summed E-state index contributed by atoms with van der Waals surface area (Å²) in [5.41, 5.74) is 2.06. The molecule has 0 fully saturated rings. The molecule has 1 atom stereocenters. The van der Waals surface area contributed by atoms with Gasteiger partial charge in [0.25, 0.3) is 0 Å². The summed E-state index contributed by atoms with van der Waals surface area (Å²) >= 11 is 5.83. The van der Waals surface area contributed by atoms with Crippen LogP contribution in [0.25, 0.3) is 0 Å². The van der Waals surface area contributed by atoms with Crippen molar-refractivity contribution < 1.29 is 21.9 Å². The number of halogens is 3. The minimum absolute atomic E-state index is 0.0986. The molecule has 2 aromatic carbocycles. The molecule has 0 spiro atoms. The number of aryl methyl sites for hydroxylation is 1. The summed E-state index contributed by atoms with van der Waals surface area (Å²) in [5.74, 6) is -0.267. The fraction of sp³-hybridized carbons (Fsp3) is 0.250. The van der Waals surface area contributed by atoms with E-state index in [2.05, 4.69) is 9.46 Å². The van der Waals surface area contributed by atoms with E-state index in [1.54, 1.807) is 0 Å². The first-order valence-electron chi connectivity index (χ1n) is 7.21. The Morgan fingerprint density at radius 2 is 1.96 bits per heavy atom. The highest BCUT2D eigenvalue weighted by molar-refractivity contribution is 7.89. The van der Waals surface area contributed by atoms with E-state index in [-0.39, 0.29) is 21.7 Å². The van der Waals surface area contributed by atoms with Gasteiger partial charge in [0.15, 0.2) is 0 Å². The summed E-state index contributed by atoms with van der Waals surface area (Å²) in [6, 6.07) is 10.7. The second-order valence-corrected chi connectivity index (χ2v) is 7.50. The Labute approximate surface area is 143 Å². The van der Waals surface area contributed by atoms with Gasteiger partial charge < -0.3 is 4.74 Å². The Morgan fingerprint density at radius 3 is 2.67 bits per heavy atom. The van der Waals surface area contributed by atoms with Gasteiger partial charge in [-0.05, 0) is 42.2 Å². The third-order valence-electron chi connectivity index (χ3n) is 3.86. The lowest BCUT2D eigenvalue weighted by Gasteiger charge is -2.15. The molecule has 1 unspecified atom stereocenters. The van der Waals surface area contributed by atoms with Crippen LogP contribution < -0.4 is 9.46 Å². The Kier molecular flexibility index (Phi) is 4.76. The van der Waals surface area contributed by atoms with Gasteiger partial charge >= 0.3 is 6.61 Å². The molecule has 0 saturated carbocycles. The lowest BCUT2D eigenvalue weighted by Crippen LogP contribution is -2.27. The van der Waals surface area contributed by atoms with Gasteiger partial charge in [0.05, 0.1) is 9.92 Å². The van der Waals surface area contributed by atoms with E-state index < -0.39 is 16.6 Å². The lowest BCUT2D eigenvalue weighted by molar-refractivity contribution is -0.0498. The molecule has 0 aliphatic heterocycles. The lowest BCUT2D eigenvalue weighted by atomic mass is 10.1. The Balaban J connectivity index is 1.83. The zero-order chi connectivity index (χ0) is 17.3. The number of hydrogen-bond acceptors (Lipinski definition) is 3. The normalized spacial score (nSPS) is 17.1. The molecule has 0 bridgehead atoms. The fourth-order valence-corrected chi connectivity index (χ4v) is 4.34. The van der Waals surface area contributed by atoms with E-state index in [1.807, 2.05) is 24.3 Å². The first-order chi connectivity index (χ1) is 11.4. The number of alkyl halides is 2. The van der Waals surface area contributed by atoms with Gasteiger partial charge in [-0.25, -0.2) is 13.1 Å². The van der Waals surface area contributed by atoms with Crippen molar-refractivity contribution in [2.45, 2.75) is 30.4 Å². The first-order valence-corrected chi connectivity index (χ1v) is 9.07.